The fraction of sp³-hybridized carbons (Fsp3) is 0.471. The van der Waals surface area contributed by atoms with Crippen LogP contribution in [0, 0.1) is 5.92 Å². The average molecular weight is 304 g/mol. The maximum absolute atomic E-state index is 15.0. The van der Waals surface area contributed by atoms with Crippen LogP contribution in [-0.4, -0.2) is 29.4 Å². The molecule has 3 rings (SSSR count). The molecule has 0 bridgehead atoms. The summed E-state index contributed by atoms with van der Waals surface area (Å²) in [6.45, 7) is 0. The Morgan fingerprint density at radius 2 is 1.86 bits per heavy atom. The van der Waals surface area contributed by atoms with Gasteiger partial charge in [-0.3, -0.25) is 5.21 Å². The van der Waals surface area contributed by atoms with Crippen LogP contribution >= 0.6 is 0 Å². The molecule has 1 saturated carbocycles. The minimum absolute atomic E-state index is 0.0191. The van der Waals surface area contributed by atoms with Crippen LogP contribution in [0.4, 0.5) is 4.39 Å². The highest BCUT2D eigenvalue weighted by molar-refractivity contribution is 6.12. The Labute approximate surface area is 129 Å². The lowest BCUT2D eigenvalue weighted by molar-refractivity contribution is -0.187. The van der Waals surface area contributed by atoms with Crippen molar-refractivity contribution >= 4 is 5.71 Å². The SMILES string of the molecule is COC1N=C(c2ccccc2)C(F)=C(C2CCCCC2)N1O. The van der Waals surface area contributed by atoms with E-state index in [1.54, 1.807) is 0 Å². The molecule has 0 amide bonds. The quantitative estimate of drug-likeness (QED) is 0.922. The van der Waals surface area contributed by atoms with Crippen molar-refractivity contribution in [2.75, 3.05) is 7.11 Å². The zero-order chi connectivity index (χ0) is 15.5. The van der Waals surface area contributed by atoms with E-state index in [1.807, 2.05) is 30.3 Å². The van der Waals surface area contributed by atoms with Crippen LogP contribution in [0.25, 0.3) is 0 Å². The number of hydroxylamine groups is 2. The molecule has 0 radical (unpaired) electrons. The topological polar surface area (TPSA) is 45.1 Å². The molecular formula is C17H21FN2O2. The van der Waals surface area contributed by atoms with Crippen molar-refractivity contribution in [2.24, 2.45) is 10.9 Å². The predicted octanol–water partition coefficient (Wildman–Crippen LogP) is 3.87. The summed E-state index contributed by atoms with van der Waals surface area (Å²) in [6, 6.07) is 9.20. The molecular weight excluding hydrogens is 283 g/mol. The van der Waals surface area contributed by atoms with Gasteiger partial charge in [-0.05, 0) is 12.8 Å². The van der Waals surface area contributed by atoms with E-state index in [0.717, 1.165) is 30.7 Å². The average Bonchev–Trinajstić information content (AvgIpc) is 2.57. The first-order valence-corrected chi connectivity index (χ1v) is 7.76. The van der Waals surface area contributed by atoms with Gasteiger partial charge in [-0.15, -0.1) is 0 Å². The molecule has 118 valence electrons. The monoisotopic (exact) mass is 304 g/mol. The first kappa shape index (κ1) is 15.2. The molecule has 0 aromatic heterocycles. The number of hydrogen-bond donors (Lipinski definition) is 1. The van der Waals surface area contributed by atoms with Crippen LogP contribution in [0.5, 0.6) is 0 Å². The molecule has 1 aromatic rings. The Hall–Kier alpha value is -1.72. The standard InChI is InChI=1S/C17H21FN2O2/c1-22-17-19-15(12-8-4-2-5-9-12)14(18)16(20(17)21)13-10-6-3-7-11-13/h2,4-5,8-9,13,17,21H,3,6-7,10-11H2,1H3. The van der Waals surface area contributed by atoms with Crippen LogP contribution in [-0.2, 0) is 4.74 Å². The van der Waals surface area contributed by atoms with E-state index >= 15 is 4.39 Å². The number of halogens is 1. The van der Waals surface area contributed by atoms with Gasteiger partial charge < -0.3 is 4.74 Å². The lowest BCUT2D eigenvalue weighted by Gasteiger charge is -2.35. The first-order valence-electron chi connectivity index (χ1n) is 7.76. The molecule has 1 aliphatic carbocycles. The minimum atomic E-state index is -0.897. The van der Waals surface area contributed by atoms with E-state index in [9.17, 15) is 5.21 Å². The van der Waals surface area contributed by atoms with Gasteiger partial charge in [0.15, 0.2) is 5.83 Å². The Morgan fingerprint density at radius 3 is 2.50 bits per heavy atom. The van der Waals surface area contributed by atoms with E-state index in [4.69, 9.17) is 4.74 Å². The van der Waals surface area contributed by atoms with Crippen molar-refractivity contribution in [3.63, 3.8) is 0 Å². The van der Waals surface area contributed by atoms with Crippen LogP contribution in [0.15, 0.2) is 46.8 Å². The third-order valence-electron chi connectivity index (χ3n) is 4.38. The van der Waals surface area contributed by atoms with Crippen molar-refractivity contribution in [3.05, 3.63) is 47.4 Å². The smallest absolute Gasteiger partial charge is 0.250 e. The summed E-state index contributed by atoms with van der Waals surface area (Å²) in [5, 5.41) is 11.2. The summed E-state index contributed by atoms with van der Waals surface area (Å²) in [6.07, 6.45) is 4.17. The number of nitrogens with zero attached hydrogens (tertiary/aromatic N) is 2. The second-order valence-corrected chi connectivity index (χ2v) is 5.78. The molecule has 4 nitrogen and oxygen atoms in total. The van der Waals surface area contributed by atoms with Gasteiger partial charge in [0.2, 0.25) is 0 Å². The van der Waals surface area contributed by atoms with Gasteiger partial charge in [-0.1, -0.05) is 49.6 Å². The number of methoxy groups -OCH3 is 1. The number of hydrogen-bond acceptors (Lipinski definition) is 4. The highest BCUT2D eigenvalue weighted by Gasteiger charge is 2.35. The highest BCUT2D eigenvalue weighted by atomic mass is 19.1. The van der Waals surface area contributed by atoms with Crippen molar-refractivity contribution in [1.29, 1.82) is 0 Å². The Kier molecular flexibility index (Phi) is 4.55. The van der Waals surface area contributed by atoms with E-state index < -0.39 is 12.2 Å². The fourth-order valence-electron chi connectivity index (χ4n) is 3.25. The van der Waals surface area contributed by atoms with Gasteiger partial charge in [0.05, 0.1) is 5.70 Å². The third-order valence-corrected chi connectivity index (χ3v) is 4.38. The van der Waals surface area contributed by atoms with Crippen molar-refractivity contribution in [1.82, 2.24) is 5.06 Å². The molecule has 5 heteroatoms. The summed E-state index contributed by atoms with van der Waals surface area (Å²) in [4.78, 5) is 4.22. The molecule has 1 unspecified atom stereocenters. The summed E-state index contributed by atoms with van der Waals surface area (Å²) in [5.74, 6) is -0.417. The van der Waals surface area contributed by atoms with Crippen LogP contribution < -0.4 is 0 Å². The van der Waals surface area contributed by atoms with E-state index in [-0.39, 0.29) is 11.6 Å². The maximum Gasteiger partial charge on any atom is 0.250 e. The summed E-state index contributed by atoms with van der Waals surface area (Å²) in [7, 11) is 1.46. The molecule has 22 heavy (non-hydrogen) atoms. The van der Waals surface area contributed by atoms with Gasteiger partial charge in [-0.25, -0.2) is 14.4 Å². The first-order chi connectivity index (χ1) is 10.7. The molecule has 1 atom stereocenters. The molecule has 1 fully saturated rings. The minimum Gasteiger partial charge on any atom is -0.341 e. The summed E-state index contributed by atoms with van der Waals surface area (Å²) >= 11 is 0. The molecule has 1 aromatic carbocycles. The van der Waals surface area contributed by atoms with Gasteiger partial charge in [0.1, 0.15) is 5.71 Å². The van der Waals surface area contributed by atoms with Crippen LogP contribution in [0.1, 0.15) is 37.7 Å². The van der Waals surface area contributed by atoms with Crippen molar-refractivity contribution < 1.29 is 14.3 Å². The van der Waals surface area contributed by atoms with E-state index in [2.05, 4.69) is 4.99 Å². The number of rotatable bonds is 3. The Bertz CT molecular complexity index is 580. The number of aliphatic imine (C=N–C) groups is 1. The second-order valence-electron chi connectivity index (χ2n) is 5.78. The number of allylic oxidation sites excluding steroid dienone is 2. The normalized spacial score (nSPS) is 23.7. The van der Waals surface area contributed by atoms with Gasteiger partial charge in [0, 0.05) is 18.6 Å². The lowest BCUT2D eigenvalue weighted by Crippen LogP contribution is -2.40. The lowest BCUT2D eigenvalue weighted by atomic mass is 9.85. The number of ether oxygens (including phenoxy) is 1. The molecule has 1 heterocycles. The summed E-state index contributed by atoms with van der Waals surface area (Å²) < 4.78 is 20.2. The van der Waals surface area contributed by atoms with Crippen molar-refractivity contribution in [2.45, 2.75) is 38.5 Å². The third kappa shape index (κ3) is 2.78. The largest absolute Gasteiger partial charge is 0.341 e. The van der Waals surface area contributed by atoms with Crippen LogP contribution in [0.3, 0.4) is 0 Å². The molecule has 1 aliphatic heterocycles. The van der Waals surface area contributed by atoms with Crippen LogP contribution in [0.2, 0.25) is 0 Å². The zero-order valence-corrected chi connectivity index (χ0v) is 12.7. The zero-order valence-electron chi connectivity index (χ0n) is 12.7. The second kappa shape index (κ2) is 6.58. The number of benzene rings is 1. The highest BCUT2D eigenvalue weighted by Crippen LogP contribution is 2.37. The maximum atomic E-state index is 15.0. The molecule has 0 saturated heterocycles. The molecule has 2 aliphatic rings. The van der Waals surface area contributed by atoms with Gasteiger partial charge in [-0.2, -0.15) is 0 Å². The van der Waals surface area contributed by atoms with Crippen molar-refractivity contribution in [3.8, 4) is 0 Å². The van der Waals surface area contributed by atoms with E-state index in [1.165, 1.54) is 13.5 Å². The van der Waals surface area contributed by atoms with E-state index in [0.29, 0.717) is 11.3 Å². The van der Waals surface area contributed by atoms with Gasteiger partial charge >= 0.3 is 0 Å². The predicted molar refractivity (Wildman–Crippen MR) is 82.1 cm³/mol. The molecule has 1 N–H and O–H groups in total. The fourth-order valence-corrected chi connectivity index (χ4v) is 3.25. The summed E-state index contributed by atoms with van der Waals surface area (Å²) in [5.41, 5.74) is 1.28. The molecule has 0 spiro atoms. The Morgan fingerprint density at radius 1 is 1.18 bits per heavy atom. The Balaban J connectivity index is 2.02. The van der Waals surface area contributed by atoms with Gasteiger partial charge in [0.25, 0.3) is 6.35 Å².